The summed E-state index contributed by atoms with van der Waals surface area (Å²) >= 11 is 0. The highest BCUT2D eigenvalue weighted by Gasteiger charge is 2.27. The van der Waals surface area contributed by atoms with E-state index < -0.39 is 5.56 Å². The largest absolute Gasteiger partial charge is 0.472 e. The van der Waals surface area contributed by atoms with E-state index in [1.165, 1.54) is 6.20 Å². The SMILES string of the molecule is Cc1nn(C)c(C)c1-c1ccnc(O[C@@H]2CCN(c3cn[nH]c(=O)c3C#N)C2)c1. The third-order valence-corrected chi connectivity index (χ3v) is 5.25. The number of anilines is 1. The van der Waals surface area contributed by atoms with E-state index in [4.69, 9.17) is 4.74 Å². The predicted octanol–water partition coefficient (Wildman–Crippen LogP) is 1.71. The fraction of sp³-hybridized carbons (Fsp3) is 0.350. The van der Waals surface area contributed by atoms with Crippen LogP contribution in [0.3, 0.4) is 0 Å². The number of aryl methyl sites for hydroxylation is 2. The fourth-order valence-electron chi connectivity index (χ4n) is 3.77. The van der Waals surface area contributed by atoms with Crippen LogP contribution in [0.5, 0.6) is 5.88 Å². The first kappa shape index (κ1) is 18.7. The van der Waals surface area contributed by atoms with Gasteiger partial charge in [-0.1, -0.05) is 0 Å². The highest BCUT2D eigenvalue weighted by Crippen LogP contribution is 2.29. The van der Waals surface area contributed by atoms with Crippen molar-refractivity contribution in [2.24, 2.45) is 7.05 Å². The van der Waals surface area contributed by atoms with Gasteiger partial charge < -0.3 is 9.64 Å². The molecule has 3 aromatic heterocycles. The number of hydrogen-bond donors (Lipinski definition) is 1. The molecule has 3 aromatic rings. The number of pyridine rings is 1. The maximum absolute atomic E-state index is 11.8. The summed E-state index contributed by atoms with van der Waals surface area (Å²) < 4.78 is 7.97. The summed E-state index contributed by atoms with van der Waals surface area (Å²) in [5.74, 6) is 0.543. The average Bonchev–Trinajstić information content (AvgIpc) is 3.26. The van der Waals surface area contributed by atoms with E-state index in [1.54, 1.807) is 6.20 Å². The van der Waals surface area contributed by atoms with Gasteiger partial charge in [0.2, 0.25) is 5.88 Å². The van der Waals surface area contributed by atoms with E-state index in [9.17, 15) is 10.1 Å². The van der Waals surface area contributed by atoms with Gasteiger partial charge in [0.15, 0.2) is 0 Å². The van der Waals surface area contributed by atoms with Crippen molar-refractivity contribution in [2.75, 3.05) is 18.0 Å². The third kappa shape index (κ3) is 3.45. The molecule has 1 aliphatic rings. The number of H-pyrrole nitrogens is 1. The zero-order valence-corrected chi connectivity index (χ0v) is 16.5. The molecule has 1 fully saturated rings. The normalized spacial score (nSPS) is 16.1. The summed E-state index contributed by atoms with van der Waals surface area (Å²) in [4.78, 5) is 18.1. The molecule has 4 heterocycles. The van der Waals surface area contributed by atoms with Crippen molar-refractivity contribution < 1.29 is 4.74 Å². The second-order valence-electron chi connectivity index (χ2n) is 7.10. The van der Waals surface area contributed by atoms with E-state index in [1.807, 2.05) is 48.7 Å². The van der Waals surface area contributed by atoms with E-state index in [0.717, 1.165) is 28.9 Å². The maximum atomic E-state index is 11.8. The average molecular weight is 391 g/mol. The van der Waals surface area contributed by atoms with Gasteiger partial charge >= 0.3 is 0 Å². The molecule has 9 nitrogen and oxygen atoms in total. The number of nitrogens with one attached hydrogen (secondary N) is 1. The van der Waals surface area contributed by atoms with Gasteiger partial charge in [0.25, 0.3) is 5.56 Å². The van der Waals surface area contributed by atoms with Crippen LogP contribution in [0.25, 0.3) is 11.1 Å². The molecular weight excluding hydrogens is 370 g/mol. The first-order valence-electron chi connectivity index (χ1n) is 9.34. The fourth-order valence-corrected chi connectivity index (χ4v) is 3.77. The zero-order chi connectivity index (χ0) is 20.5. The predicted molar refractivity (Wildman–Crippen MR) is 107 cm³/mol. The van der Waals surface area contributed by atoms with Crippen LogP contribution in [0.1, 0.15) is 23.4 Å². The van der Waals surface area contributed by atoms with Crippen molar-refractivity contribution in [2.45, 2.75) is 26.4 Å². The Bertz CT molecular complexity index is 1160. The number of hydrogen-bond acceptors (Lipinski definition) is 7. The Morgan fingerprint density at radius 3 is 2.93 bits per heavy atom. The Morgan fingerprint density at radius 1 is 1.38 bits per heavy atom. The van der Waals surface area contributed by atoms with Gasteiger partial charge in [-0.2, -0.15) is 15.5 Å². The topological polar surface area (TPSA) is 113 Å². The van der Waals surface area contributed by atoms with Crippen molar-refractivity contribution in [3.63, 3.8) is 0 Å². The van der Waals surface area contributed by atoms with Crippen molar-refractivity contribution in [1.82, 2.24) is 25.0 Å². The van der Waals surface area contributed by atoms with Gasteiger partial charge in [-0.25, -0.2) is 10.1 Å². The number of ether oxygens (including phenoxy) is 1. The molecular formula is C20H21N7O2. The lowest BCUT2D eigenvalue weighted by Gasteiger charge is -2.19. The van der Waals surface area contributed by atoms with Crippen molar-refractivity contribution >= 4 is 5.69 Å². The number of aromatic amines is 1. The van der Waals surface area contributed by atoms with Crippen LogP contribution in [-0.2, 0) is 7.05 Å². The quantitative estimate of drug-likeness (QED) is 0.720. The second kappa shape index (κ2) is 7.39. The molecule has 9 heteroatoms. The Balaban J connectivity index is 1.53. The molecule has 0 amide bonds. The third-order valence-electron chi connectivity index (χ3n) is 5.25. The summed E-state index contributed by atoms with van der Waals surface area (Å²) in [7, 11) is 1.93. The van der Waals surface area contributed by atoms with Crippen LogP contribution in [-0.4, -0.2) is 44.2 Å². The lowest BCUT2D eigenvalue weighted by Crippen LogP contribution is -2.27. The zero-order valence-electron chi connectivity index (χ0n) is 16.5. The highest BCUT2D eigenvalue weighted by atomic mass is 16.5. The first-order valence-corrected chi connectivity index (χ1v) is 9.34. The maximum Gasteiger partial charge on any atom is 0.284 e. The molecule has 0 spiro atoms. The van der Waals surface area contributed by atoms with E-state index in [0.29, 0.717) is 24.7 Å². The lowest BCUT2D eigenvalue weighted by molar-refractivity contribution is 0.216. The standard InChI is InChI=1S/C20H21N7O2/c1-12-19(13(2)26(3)25-12)14-4-6-22-18(8-14)29-15-5-7-27(11-15)17-10-23-24-20(28)16(17)9-21/h4,6,8,10,15H,5,7,11H2,1-3H3,(H,24,28)/t15-/m1/s1. The Hall–Kier alpha value is -3.67. The van der Waals surface area contributed by atoms with Crippen molar-refractivity contribution in [1.29, 1.82) is 5.26 Å². The van der Waals surface area contributed by atoms with Gasteiger partial charge in [-0.15, -0.1) is 0 Å². The molecule has 0 radical (unpaired) electrons. The number of aromatic nitrogens is 5. The molecule has 1 aliphatic heterocycles. The van der Waals surface area contributed by atoms with E-state index >= 15 is 0 Å². The van der Waals surface area contributed by atoms with Crippen LogP contribution in [0.4, 0.5) is 5.69 Å². The van der Waals surface area contributed by atoms with Gasteiger partial charge in [0.1, 0.15) is 17.7 Å². The molecule has 0 bridgehead atoms. The summed E-state index contributed by atoms with van der Waals surface area (Å²) in [6, 6.07) is 5.83. The Morgan fingerprint density at radius 2 is 2.21 bits per heavy atom. The van der Waals surface area contributed by atoms with Crippen LogP contribution in [0.15, 0.2) is 29.3 Å². The number of rotatable bonds is 4. The Labute approximate surface area is 167 Å². The van der Waals surface area contributed by atoms with E-state index in [2.05, 4.69) is 20.3 Å². The second-order valence-corrected chi connectivity index (χ2v) is 7.10. The summed E-state index contributed by atoms with van der Waals surface area (Å²) in [6.45, 7) is 5.25. The van der Waals surface area contributed by atoms with Gasteiger partial charge in [0, 0.05) is 43.5 Å². The minimum Gasteiger partial charge on any atom is -0.472 e. The van der Waals surface area contributed by atoms with Crippen molar-refractivity contribution in [3.8, 4) is 23.1 Å². The first-order chi connectivity index (χ1) is 14.0. The molecule has 0 aliphatic carbocycles. The Kier molecular flexibility index (Phi) is 4.76. The van der Waals surface area contributed by atoms with Crippen LogP contribution in [0, 0.1) is 25.2 Å². The minimum absolute atomic E-state index is 0.0725. The molecule has 1 N–H and O–H groups in total. The van der Waals surface area contributed by atoms with E-state index in [-0.39, 0.29) is 11.7 Å². The van der Waals surface area contributed by atoms with Gasteiger partial charge in [0.05, 0.1) is 24.1 Å². The van der Waals surface area contributed by atoms with Gasteiger partial charge in [-0.3, -0.25) is 9.48 Å². The summed E-state index contributed by atoms with van der Waals surface area (Å²) in [6.07, 6.45) is 3.90. The van der Waals surface area contributed by atoms with Crippen molar-refractivity contribution in [3.05, 3.63) is 51.8 Å². The molecule has 1 atom stereocenters. The highest BCUT2D eigenvalue weighted by molar-refractivity contribution is 5.69. The molecule has 148 valence electrons. The van der Waals surface area contributed by atoms with Gasteiger partial charge in [-0.05, 0) is 25.5 Å². The van der Waals surface area contributed by atoms with Crippen LogP contribution >= 0.6 is 0 Å². The summed E-state index contributed by atoms with van der Waals surface area (Å²) in [5, 5.41) is 19.9. The van der Waals surface area contributed by atoms with Crippen LogP contribution in [0.2, 0.25) is 0 Å². The molecule has 0 aromatic carbocycles. The molecule has 0 unspecified atom stereocenters. The summed E-state index contributed by atoms with van der Waals surface area (Å²) in [5.41, 5.74) is 4.26. The molecule has 4 rings (SSSR count). The van der Waals surface area contributed by atoms with Crippen LogP contribution < -0.4 is 15.2 Å². The number of nitrogens with zero attached hydrogens (tertiary/aromatic N) is 6. The molecule has 1 saturated heterocycles. The smallest absolute Gasteiger partial charge is 0.284 e. The minimum atomic E-state index is -0.481. The monoisotopic (exact) mass is 391 g/mol. The number of nitriles is 1. The molecule has 29 heavy (non-hydrogen) atoms. The molecule has 0 saturated carbocycles. The lowest BCUT2D eigenvalue weighted by atomic mass is 10.1.